The monoisotopic (exact) mass is 319 g/mol. The predicted octanol–water partition coefficient (Wildman–Crippen LogP) is 6.66. The van der Waals surface area contributed by atoms with E-state index in [0.717, 1.165) is 12.0 Å². The van der Waals surface area contributed by atoms with Gasteiger partial charge in [-0.25, -0.2) is 0 Å². The molecule has 0 bridgehead atoms. The Labute approximate surface area is 147 Å². The summed E-state index contributed by atoms with van der Waals surface area (Å²) >= 11 is 0. The normalized spacial score (nSPS) is 15.2. The molecule has 1 N–H and O–H groups in total. The lowest BCUT2D eigenvalue weighted by Gasteiger charge is -2.07. The zero-order valence-corrected chi connectivity index (χ0v) is 14.9. The van der Waals surface area contributed by atoms with Crippen LogP contribution in [0.15, 0.2) is 59.7 Å². The first kappa shape index (κ1) is 18.2. The smallest absolute Gasteiger partial charge is 0.00593 e. The lowest BCUT2D eigenvalue weighted by molar-refractivity contribution is 0.607. The molecular weight excluding hydrogens is 290 g/mol. The van der Waals surface area contributed by atoms with Gasteiger partial charge in [0.25, 0.3) is 0 Å². The van der Waals surface area contributed by atoms with Gasteiger partial charge in [0.2, 0.25) is 0 Å². The van der Waals surface area contributed by atoms with E-state index in [1.807, 2.05) is 6.08 Å². The van der Waals surface area contributed by atoms with Crippen molar-refractivity contribution in [3.05, 3.63) is 70.8 Å². The third-order valence-electron chi connectivity index (χ3n) is 4.45. The van der Waals surface area contributed by atoms with E-state index in [1.165, 1.54) is 61.6 Å². The van der Waals surface area contributed by atoms with Crippen LogP contribution in [0, 0.1) is 5.41 Å². The highest BCUT2D eigenvalue weighted by atomic mass is 14.3. The van der Waals surface area contributed by atoms with E-state index in [4.69, 9.17) is 5.41 Å². The molecule has 0 amide bonds. The Hall–Kier alpha value is -2.11. The largest absolute Gasteiger partial charge is 0.259 e. The zero-order chi connectivity index (χ0) is 17.0. The lowest BCUT2D eigenvalue weighted by Crippen LogP contribution is -1.88. The second kappa shape index (κ2) is 10.6. The van der Waals surface area contributed by atoms with E-state index in [2.05, 4.69) is 55.3 Å². The van der Waals surface area contributed by atoms with Crippen LogP contribution >= 0.6 is 0 Å². The van der Waals surface area contributed by atoms with Gasteiger partial charge in [-0.05, 0) is 47.4 Å². The fourth-order valence-electron chi connectivity index (χ4n) is 2.98. The van der Waals surface area contributed by atoms with Crippen molar-refractivity contribution in [2.75, 3.05) is 0 Å². The minimum Gasteiger partial charge on any atom is -0.259 e. The molecule has 0 aromatic heterocycles. The number of aryl methyl sites for hydroxylation is 1. The number of benzene rings is 1. The van der Waals surface area contributed by atoms with Gasteiger partial charge in [-0.2, -0.15) is 0 Å². The summed E-state index contributed by atoms with van der Waals surface area (Å²) in [7, 11) is 0. The van der Waals surface area contributed by atoms with E-state index in [0.29, 0.717) is 0 Å². The van der Waals surface area contributed by atoms with Crippen molar-refractivity contribution in [1.29, 1.82) is 5.41 Å². The fraction of sp³-hybridized carbons (Fsp3) is 0.391. The van der Waals surface area contributed by atoms with E-state index in [-0.39, 0.29) is 0 Å². The molecule has 0 atom stereocenters. The van der Waals surface area contributed by atoms with Crippen molar-refractivity contribution < 1.29 is 0 Å². The molecule has 1 nitrogen and oxygen atoms in total. The van der Waals surface area contributed by atoms with Gasteiger partial charge in [0, 0.05) is 6.08 Å². The second-order valence-corrected chi connectivity index (χ2v) is 6.51. The summed E-state index contributed by atoms with van der Waals surface area (Å²) in [5, 5.41) is 6.98. The fourth-order valence-corrected chi connectivity index (χ4v) is 2.98. The third kappa shape index (κ3) is 6.56. The van der Waals surface area contributed by atoms with Crippen LogP contribution in [0.1, 0.15) is 63.0 Å². The number of allylic oxidation sites excluding steroid dienone is 6. The van der Waals surface area contributed by atoms with Crippen molar-refractivity contribution in [3.63, 3.8) is 0 Å². The average molecular weight is 319 g/mol. The van der Waals surface area contributed by atoms with Crippen LogP contribution in [0.25, 0.3) is 6.08 Å². The Morgan fingerprint density at radius 2 is 1.75 bits per heavy atom. The maximum Gasteiger partial charge on any atom is 0.00593 e. The van der Waals surface area contributed by atoms with Crippen molar-refractivity contribution >= 4 is 11.9 Å². The standard InChI is InChI=1S/C23H29N/c1-2-3-4-5-6-7-8-20-9-13-22(14-10-20)19-23-15-11-21(12-16-23)17-18-24/h9-15,17,19,24H,2-8,16H2,1H3. The quantitative estimate of drug-likeness (QED) is 0.388. The van der Waals surface area contributed by atoms with Crippen LogP contribution in [0.2, 0.25) is 0 Å². The summed E-state index contributed by atoms with van der Waals surface area (Å²) in [6.45, 7) is 2.27. The van der Waals surface area contributed by atoms with Gasteiger partial charge in [0.05, 0.1) is 0 Å². The Kier molecular flexibility index (Phi) is 8.07. The Balaban J connectivity index is 1.79. The van der Waals surface area contributed by atoms with Crippen LogP contribution in [0.3, 0.4) is 0 Å². The molecule has 0 heterocycles. The van der Waals surface area contributed by atoms with Crippen LogP contribution in [-0.4, -0.2) is 5.87 Å². The minimum atomic E-state index is 0.920. The molecule has 2 rings (SSSR count). The Bertz CT molecular complexity index is 637. The third-order valence-corrected chi connectivity index (χ3v) is 4.45. The van der Waals surface area contributed by atoms with Gasteiger partial charge in [-0.1, -0.05) is 87.6 Å². The highest BCUT2D eigenvalue weighted by Crippen LogP contribution is 2.19. The van der Waals surface area contributed by atoms with E-state index < -0.39 is 0 Å². The lowest BCUT2D eigenvalue weighted by atomic mass is 9.99. The summed E-state index contributed by atoms with van der Waals surface area (Å²) in [5.74, 6) is 2.32. The van der Waals surface area contributed by atoms with Gasteiger partial charge in [-0.3, -0.25) is 5.41 Å². The van der Waals surface area contributed by atoms with E-state index >= 15 is 0 Å². The van der Waals surface area contributed by atoms with Gasteiger partial charge in [0.15, 0.2) is 0 Å². The van der Waals surface area contributed by atoms with E-state index in [9.17, 15) is 0 Å². The number of unbranched alkanes of at least 4 members (excludes halogenated alkanes) is 5. The molecule has 0 aliphatic heterocycles. The highest BCUT2D eigenvalue weighted by Gasteiger charge is 2.00. The van der Waals surface area contributed by atoms with Gasteiger partial charge < -0.3 is 0 Å². The molecule has 0 radical (unpaired) electrons. The molecule has 0 fully saturated rings. The van der Waals surface area contributed by atoms with Crippen molar-refractivity contribution in [2.45, 2.75) is 58.3 Å². The summed E-state index contributed by atoms with van der Waals surface area (Å²) in [6.07, 6.45) is 20.5. The van der Waals surface area contributed by atoms with E-state index in [1.54, 1.807) is 6.08 Å². The Morgan fingerprint density at radius 3 is 2.42 bits per heavy atom. The topological polar surface area (TPSA) is 23.9 Å². The van der Waals surface area contributed by atoms with Gasteiger partial charge in [-0.15, -0.1) is 0 Å². The maximum atomic E-state index is 6.98. The summed E-state index contributed by atoms with van der Waals surface area (Å²) < 4.78 is 0. The molecule has 1 heteroatoms. The SMILES string of the molecule is CCCCCCCCc1ccc(C=C2C=CC(C=C=N)=CC2)cc1. The summed E-state index contributed by atoms with van der Waals surface area (Å²) in [5.41, 5.74) is 5.09. The second-order valence-electron chi connectivity index (χ2n) is 6.51. The number of hydrogen-bond donors (Lipinski definition) is 1. The molecule has 0 saturated heterocycles. The Morgan fingerprint density at radius 1 is 1.00 bits per heavy atom. The maximum absolute atomic E-state index is 6.98. The molecule has 1 aliphatic carbocycles. The van der Waals surface area contributed by atoms with Crippen LogP contribution in [-0.2, 0) is 6.42 Å². The van der Waals surface area contributed by atoms with Gasteiger partial charge in [0.1, 0.15) is 0 Å². The van der Waals surface area contributed by atoms with Crippen LogP contribution in [0.5, 0.6) is 0 Å². The highest BCUT2D eigenvalue weighted by molar-refractivity contribution is 5.62. The molecule has 126 valence electrons. The van der Waals surface area contributed by atoms with Crippen molar-refractivity contribution in [3.8, 4) is 0 Å². The minimum absolute atomic E-state index is 0.920. The zero-order valence-electron chi connectivity index (χ0n) is 14.9. The van der Waals surface area contributed by atoms with Crippen molar-refractivity contribution in [2.24, 2.45) is 0 Å². The number of nitrogens with one attached hydrogen (secondary N) is 1. The predicted molar refractivity (Wildman–Crippen MR) is 106 cm³/mol. The van der Waals surface area contributed by atoms with Crippen LogP contribution < -0.4 is 0 Å². The molecule has 1 aromatic carbocycles. The number of hydrogen-bond acceptors (Lipinski definition) is 1. The first-order valence-electron chi connectivity index (χ1n) is 9.25. The van der Waals surface area contributed by atoms with Gasteiger partial charge >= 0.3 is 0 Å². The van der Waals surface area contributed by atoms with Crippen LogP contribution in [0.4, 0.5) is 0 Å². The number of rotatable bonds is 9. The molecule has 0 unspecified atom stereocenters. The summed E-state index contributed by atoms with van der Waals surface area (Å²) in [6, 6.07) is 8.99. The average Bonchev–Trinajstić information content (AvgIpc) is 2.61. The first-order chi connectivity index (χ1) is 11.8. The molecule has 24 heavy (non-hydrogen) atoms. The first-order valence-corrected chi connectivity index (χ1v) is 9.25. The molecule has 0 spiro atoms. The molecule has 0 saturated carbocycles. The molecule has 1 aliphatic rings. The molecule has 1 aromatic rings. The molecular formula is C23H29N. The van der Waals surface area contributed by atoms with Crippen molar-refractivity contribution in [1.82, 2.24) is 0 Å². The summed E-state index contributed by atoms with van der Waals surface area (Å²) in [4.78, 5) is 0.